The summed E-state index contributed by atoms with van der Waals surface area (Å²) in [6.45, 7) is 1.85. The molecule has 1 aromatic rings. The van der Waals surface area contributed by atoms with E-state index >= 15 is 0 Å². The van der Waals surface area contributed by atoms with Crippen molar-refractivity contribution in [1.82, 2.24) is 0 Å². The molecule has 0 aliphatic heterocycles. The summed E-state index contributed by atoms with van der Waals surface area (Å²) in [6.07, 6.45) is 0.757. The highest BCUT2D eigenvalue weighted by atomic mass is 35.6. The van der Waals surface area contributed by atoms with Crippen LogP contribution in [0.5, 0.6) is 0 Å². The van der Waals surface area contributed by atoms with E-state index in [4.69, 9.17) is 34.8 Å². The fraction of sp³-hybridized carbons (Fsp3) is 0.222. The maximum atomic E-state index is 11.6. The molecule has 0 saturated carbocycles. The molecule has 1 aromatic carbocycles. The highest BCUT2D eigenvalue weighted by Gasteiger charge is 2.19. The smallest absolute Gasteiger partial charge is 0.199 e. The van der Waals surface area contributed by atoms with Crippen molar-refractivity contribution in [1.29, 1.82) is 0 Å². The first-order valence-electron chi connectivity index (χ1n) is 4.16. The van der Waals surface area contributed by atoms with Crippen LogP contribution in [0.2, 0.25) is 0 Å². The zero-order valence-electron chi connectivity index (χ0n) is 8.19. The van der Waals surface area contributed by atoms with Crippen molar-refractivity contribution in [3.63, 3.8) is 0 Å². The fourth-order valence-electron chi connectivity index (χ4n) is 0.900. The van der Waals surface area contributed by atoms with Gasteiger partial charge in [-0.25, -0.2) is 0 Å². The molecular weight excluding hydrogens is 293 g/mol. The zero-order valence-corrected chi connectivity index (χ0v) is 11.3. The van der Waals surface area contributed by atoms with Gasteiger partial charge in [0.25, 0.3) is 10.0 Å². The summed E-state index contributed by atoms with van der Waals surface area (Å²) >= 11 is 16.1. The first-order chi connectivity index (χ1) is 7.21. The number of alkyl halides is 3. The van der Waals surface area contributed by atoms with Crippen LogP contribution in [0, 0.1) is 6.92 Å². The van der Waals surface area contributed by atoms with E-state index in [2.05, 4.69) is 4.40 Å². The topological polar surface area (TPSA) is 46.5 Å². The number of hydrogen-bond donors (Lipinski definition) is 0. The van der Waals surface area contributed by atoms with E-state index in [1.807, 2.05) is 6.92 Å². The van der Waals surface area contributed by atoms with Gasteiger partial charge in [0.05, 0.1) is 11.1 Å². The molecule has 0 aromatic heterocycles. The molecule has 0 atom stereocenters. The van der Waals surface area contributed by atoms with E-state index in [0.29, 0.717) is 0 Å². The van der Waals surface area contributed by atoms with Crippen LogP contribution < -0.4 is 0 Å². The molecule has 0 aliphatic rings. The van der Waals surface area contributed by atoms with E-state index in [9.17, 15) is 8.42 Å². The summed E-state index contributed by atoms with van der Waals surface area (Å²) in [4.78, 5) is 0.0589. The van der Waals surface area contributed by atoms with Gasteiger partial charge in [0.2, 0.25) is 3.79 Å². The maximum absolute atomic E-state index is 11.6. The molecule has 0 unspecified atom stereocenters. The Hall–Kier alpha value is -0.290. The van der Waals surface area contributed by atoms with Crippen LogP contribution in [0.4, 0.5) is 0 Å². The third-order valence-corrected chi connectivity index (χ3v) is 3.20. The number of benzene rings is 1. The molecule has 3 nitrogen and oxygen atoms in total. The van der Waals surface area contributed by atoms with Crippen molar-refractivity contribution in [2.24, 2.45) is 4.40 Å². The number of nitrogens with zero attached hydrogens (tertiary/aromatic N) is 1. The molecule has 0 fully saturated rings. The van der Waals surface area contributed by atoms with E-state index in [1.165, 1.54) is 12.1 Å². The van der Waals surface area contributed by atoms with Crippen LogP contribution in [0.1, 0.15) is 5.56 Å². The van der Waals surface area contributed by atoms with Crippen LogP contribution in [0.3, 0.4) is 0 Å². The lowest BCUT2D eigenvalue weighted by molar-refractivity contribution is 0.598. The zero-order chi connectivity index (χ0) is 12.4. The highest BCUT2D eigenvalue weighted by Crippen LogP contribution is 2.24. The second-order valence-electron chi connectivity index (χ2n) is 3.06. The van der Waals surface area contributed by atoms with Gasteiger partial charge in [-0.15, -0.1) is 0 Å². The van der Waals surface area contributed by atoms with Crippen molar-refractivity contribution >= 4 is 51.0 Å². The van der Waals surface area contributed by atoms with Crippen molar-refractivity contribution in [2.45, 2.75) is 15.6 Å². The lowest BCUT2D eigenvalue weighted by atomic mass is 10.2. The van der Waals surface area contributed by atoms with Crippen LogP contribution in [-0.2, 0) is 10.0 Å². The summed E-state index contributed by atoms with van der Waals surface area (Å²) < 4.78 is 24.7. The summed E-state index contributed by atoms with van der Waals surface area (Å²) in [5.41, 5.74) is 0.948. The quantitative estimate of drug-likeness (QED) is 0.622. The largest absolute Gasteiger partial charge is 0.282 e. The molecule has 0 aliphatic carbocycles. The van der Waals surface area contributed by atoms with Crippen molar-refractivity contribution < 1.29 is 8.42 Å². The molecule has 1 rings (SSSR count). The van der Waals surface area contributed by atoms with Crippen molar-refractivity contribution in [3.8, 4) is 0 Å². The number of rotatable bonds is 2. The molecule has 16 heavy (non-hydrogen) atoms. The third kappa shape index (κ3) is 4.29. The van der Waals surface area contributed by atoms with Crippen LogP contribution in [-0.4, -0.2) is 18.4 Å². The Balaban J connectivity index is 3.04. The highest BCUT2D eigenvalue weighted by molar-refractivity contribution is 7.90. The monoisotopic (exact) mass is 299 g/mol. The van der Waals surface area contributed by atoms with E-state index in [1.54, 1.807) is 12.1 Å². The van der Waals surface area contributed by atoms with Crippen LogP contribution in [0.25, 0.3) is 0 Å². The minimum absolute atomic E-state index is 0.0589. The summed E-state index contributed by atoms with van der Waals surface area (Å²) in [5, 5.41) is 0. The molecule has 0 heterocycles. The van der Waals surface area contributed by atoms with Crippen LogP contribution in [0.15, 0.2) is 33.6 Å². The standard InChI is InChI=1S/C9H8Cl3NO2S/c1-7-2-4-8(5-3-7)16(14,15)13-6-9(10,11)12/h2-6H,1H3/b13-6-. The van der Waals surface area contributed by atoms with Crippen LogP contribution >= 0.6 is 34.8 Å². The van der Waals surface area contributed by atoms with Gasteiger partial charge in [0, 0.05) is 0 Å². The second-order valence-corrected chi connectivity index (χ2v) is 7.07. The van der Waals surface area contributed by atoms with Crippen molar-refractivity contribution in [3.05, 3.63) is 29.8 Å². The Bertz CT molecular complexity index is 488. The van der Waals surface area contributed by atoms with Gasteiger partial charge in [-0.05, 0) is 19.1 Å². The average molecular weight is 301 g/mol. The van der Waals surface area contributed by atoms with E-state index in [0.717, 1.165) is 11.8 Å². The second kappa shape index (κ2) is 4.92. The SMILES string of the molecule is Cc1ccc(S(=O)(=O)/N=C\C(Cl)(Cl)Cl)cc1. The molecule has 0 bridgehead atoms. The normalized spacial score (nSPS) is 13.2. The maximum Gasteiger partial charge on any atom is 0.282 e. The minimum Gasteiger partial charge on any atom is -0.199 e. The predicted molar refractivity (Wildman–Crippen MR) is 67.1 cm³/mol. The Labute approximate surface area is 109 Å². The Morgan fingerprint density at radius 1 is 1.19 bits per heavy atom. The Kier molecular flexibility index (Phi) is 4.23. The molecule has 88 valence electrons. The average Bonchev–Trinajstić information content (AvgIpc) is 2.15. The number of hydrogen-bond acceptors (Lipinski definition) is 2. The molecule has 0 amide bonds. The molecule has 0 N–H and O–H groups in total. The van der Waals surface area contributed by atoms with Gasteiger partial charge < -0.3 is 0 Å². The number of aryl methyl sites for hydroxylation is 1. The van der Waals surface area contributed by atoms with Gasteiger partial charge in [-0.2, -0.15) is 12.8 Å². The lowest BCUT2D eigenvalue weighted by Crippen LogP contribution is -2.06. The molecular formula is C9H8Cl3NO2S. The molecule has 7 heteroatoms. The first kappa shape index (κ1) is 13.8. The Morgan fingerprint density at radius 2 is 1.69 bits per heavy atom. The summed E-state index contributed by atoms with van der Waals surface area (Å²) in [7, 11) is -3.79. The van der Waals surface area contributed by atoms with Crippen molar-refractivity contribution in [2.75, 3.05) is 0 Å². The number of halogens is 3. The molecule has 0 radical (unpaired) electrons. The Morgan fingerprint density at radius 3 is 2.12 bits per heavy atom. The number of sulfonamides is 1. The van der Waals surface area contributed by atoms with Gasteiger partial charge in [-0.1, -0.05) is 52.5 Å². The first-order valence-corrected chi connectivity index (χ1v) is 6.73. The van der Waals surface area contributed by atoms with E-state index in [-0.39, 0.29) is 4.90 Å². The summed E-state index contributed by atoms with van der Waals surface area (Å²) in [6, 6.07) is 6.22. The fourth-order valence-corrected chi connectivity index (χ4v) is 2.12. The third-order valence-electron chi connectivity index (χ3n) is 1.66. The van der Waals surface area contributed by atoms with Gasteiger partial charge in [0.1, 0.15) is 0 Å². The molecule has 0 spiro atoms. The van der Waals surface area contributed by atoms with Gasteiger partial charge in [-0.3, -0.25) is 0 Å². The predicted octanol–water partition coefficient (Wildman–Crippen LogP) is 3.12. The lowest BCUT2D eigenvalue weighted by Gasteiger charge is -2.03. The van der Waals surface area contributed by atoms with Gasteiger partial charge >= 0.3 is 0 Å². The van der Waals surface area contributed by atoms with Gasteiger partial charge in [0.15, 0.2) is 0 Å². The molecule has 0 saturated heterocycles. The van der Waals surface area contributed by atoms with E-state index < -0.39 is 13.8 Å². The minimum atomic E-state index is -3.79. The summed E-state index contributed by atoms with van der Waals surface area (Å²) in [5.74, 6) is 0.